The molecule has 0 spiro atoms. The Balaban J connectivity index is 1.64. The van der Waals surface area contributed by atoms with Crippen molar-refractivity contribution < 1.29 is 4.39 Å². The van der Waals surface area contributed by atoms with Gasteiger partial charge in [-0.3, -0.25) is 4.98 Å². The van der Waals surface area contributed by atoms with Crippen LogP contribution in [0.4, 0.5) is 4.39 Å². The van der Waals surface area contributed by atoms with Gasteiger partial charge in [-0.05, 0) is 58.7 Å². The average Bonchev–Trinajstić information content (AvgIpc) is 2.74. The first-order chi connectivity index (χ1) is 14.0. The van der Waals surface area contributed by atoms with Gasteiger partial charge in [0.05, 0.1) is 16.2 Å². The van der Waals surface area contributed by atoms with Gasteiger partial charge < -0.3 is 0 Å². The number of hydrazone groups is 1. The predicted molar refractivity (Wildman–Crippen MR) is 119 cm³/mol. The first-order valence-electron chi connectivity index (χ1n) is 9.11. The number of halogens is 2. The number of benzene rings is 2. The molecule has 0 N–H and O–H groups in total. The summed E-state index contributed by atoms with van der Waals surface area (Å²) in [5.41, 5.74) is 4.26. The van der Waals surface area contributed by atoms with Crippen molar-refractivity contribution >= 4 is 38.8 Å². The largest absolute Gasteiger partial charge is 0.256 e. The summed E-state index contributed by atoms with van der Waals surface area (Å²) in [6.07, 6.45) is 6.04. The first-order valence-corrected chi connectivity index (χ1v) is 9.90. The van der Waals surface area contributed by atoms with Crippen molar-refractivity contribution in [1.82, 2.24) is 9.99 Å². The van der Waals surface area contributed by atoms with E-state index in [1.165, 1.54) is 6.07 Å². The molecule has 0 aliphatic carbocycles. The number of aliphatic imine (C=N–C) groups is 1. The van der Waals surface area contributed by atoms with E-state index in [0.717, 1.165) is 22.2 Å². The minimum atomic E-state index is -0.342. The molecule has 2 heterocycles. The fourth-order valence-corrected chi connectivity index (χ4v) is 3.39. The van der Waals surface area contributed by atoms with E-state index in [9.17, 15) is 4.39 Å². The van der Waals surface area contributed by atoms with Crippen LogP contribution in [0, 0.1) is 5.82 Å². The van der Waals surface area contributed by atoms with Crippen molar-refractivity contribution in [2.24, 2.45) is 10.1 Å². The van der Waals surface area contributed by atoms with E-state index in [0.29, 0.717) is 28.0 Å². The van der Waals surface area contributed by atoms with E-state index in [2.05, 4.69) is 49.7 Å². The van der Waals surface area contributed by atoms with Crippen LogP contribution in [0.3, 0.4) is 0 Å². The van der Waals surface area contributed by atoms with E-state index >= 15 is 0 Å². The van der Waals surface area contributed by atoms with Gasteiger partial charge in [-0.1, -0.05) is 30.9 Å². The van der Waals surface area contributed by atoms with Gasteiger partial charge in [-0.15, -0.1) is 0 Å². The molecule has 0 saturated carbocycles. The standard InChI is InChI=1S/C23H18BrFN4/c1-3-19(12-16-6-9-22-17(11-16)5-4-10-26-22)29-15(2)27-14-23(28-29)18-7-8-20(24)21(25)13-18/h3-11,13-14H,2,12H2,1H3/b19-3-. The third-order valence-electron chi connectivity index (χ3n) is 4.66. The summed E-state index contributed by atoms with van der Waals surface area (Å²) < 4.78 is 14.4. The average molecular weight is 449 g/mol. The SMILES string of the molecule is C=C1N=CC(c2ccc(Br)c(F)c2)=NN1/C(=C\C)Cc1ccc2ncccc2c1. The van der Waals surface area contributed by atoms with Crippen LogP contribution in [0.5, 0.6) is 0 Å². The zero-order chi connectivity index (χ0) is 20.4. The van der Waals surface area contributed by atoms with Gasteiger partial charge in [-0.2, -0.15) is 5.10 Å². The Hall–Kier alpha value is -3.12. The van der Waals surface area contributed by atoms with Gasteiger partial charge in [0.15, 0.2) is 0 Å². The Bertz CT molecular complexity index is 1200. The second kappa shape index (κ2) is 8.09. The van der Waals surface area contributed by atoms with Crippen LogP contribution in [0.2, 0.25) is 0 Å². The molecule has 4 rings (SSSR count). The van der Waals surface area contributed by atoms with E-state index in [-0.39, 0.29) is 5.82 Å². The maximum absolute atomic E-state index is 14.0. The van der Waals surface area contributed by atoms with Gasteiger partial charge in [-0.25, -0.2) is 14.4 Å². The number of rotatable bonds is 4. The van der Waals surface area contributed by atoms with Gasteiger partial charge in [0.1, 0.15) is 17.3 Å². The number of nitrogens with zero attached hydrogens (tertiary/aromatic N) is 4. The Labute approximate surface area is 176 Å². The maximum Gasteiger partial charge on any atom is 0.146 e. The molecule has 0 bridgehead atoms. The monoisotopic (exact) mass is 448 g/mol. The van der Waals surface area contributed by atoms with Gasteiger partial charge in [0, 0.05) is 29.3 Å². The summed E-state index contributed by atoms with van der Waals surface area (Å²) in [7, 11) is 0. The quantitative estimate of drug-likeness (QED) is 0.502. The highest BCUT2D eigenvalue weighted by molar-refractivity contribution is 9.10. The van der Waals surface area contributed by atoms with Crippen molar-refractivity contribution in [3.63, 3.8) is 0 Å². The molecule has 0 atom stereocenters. The molecule has 0 unspecified atom stereocenters. The minimum Gasteiger partial charge on any atom is -0.256 e. The van der Waals surface area contributed by atoms with Crippen molar-refractivity contribution in [3.05, 3.63) is 100 Å². The third-order valence-corrected chi connectivity index (χ3v) is 5.30. The summed E-state index contributed by atoms with van der Waals surface area (Å²) >= 11 is 3.18. The number of aromatic nitrogens is 1. The zero-order valence-electron chi connectivity index (χ0n) is 15.8. The summed E-state index contributed by atoms with van der Waals surface area (Å²) in [4.78, 5) is 8.74. The molecule has 0 amide bonds. The lowest BCUT2D eigenvalue weighted by molar-refractivity contribution is 0.438. The summed E-state index contributed by atoms with van der Waals surface area (Å²) in [6.45, 7) is 5.96. The normalized spacial score (nSPS) is 14.4. The molecule has 1 aliphatic heterocycles. The van der Waals surface area contributed by atoms with Crippen molar-refractivity contribution in [1.29, 1.82) is 0 Å². The lowest BCUT2D eigenvalue weighted by Gasteiger charge is -2.25. The van der Waals surface area contributed by atoms with E-state index < -0.39 is 0 Å². The molecule has 1 aliphatic rings. The highest BCUT2D eigenvalue weighted by Gasteiger charge is 2.18. The molecule has 0 saturated heterocycles. The maximum atomic E-state index is 14.0. The van der Waals surface area contributed by atoms with Gasteiger partial charge in [0.25, 0.3) is 0 Å². The predicted octanol–water partition coefficient (Wildman–Crippen LogP) is 5.84. The summed E-state index contributed by atoms with van der Waals surface area (Å²) in [5.74, 6) is 0.174. The van der Waals surface area contributed by atoms with Crippen LogP contribution in [-0.4, -0.2) is 21.9 Å². The molecule has 4 nitrogen and oxygen atoms in total. The van der Waals surface area contributed by atoms with Gasteiger partial charge in [0.2, 0.25) is 0 Å². The van der Waals surface area contributed by atoms with E-state index in [1.54, 1.807) is 29.6 Å². The zero-order valence-corrected chi connectivity index (χ0v) is 17.4. The fraction of sp³-hybridized carbons (Fsp3) is 0.0870. The van der Waals surface area contributed by atoms with Gasteiger partial charge >= 0.3 is 0 Å². The molecule has 1 aromatic heterocycles. The van der Waals surface area contributed by atoms with Crippen molar-refractivity contribution in [3.8, 4) is 0 Å². The highest BCUT2D eigenvalue weighted by Crippen LogP contribution is 2.24. The van der Waals surface area contributed by atoms with E-state index in [1.807, 2.05) is 31.2 Å². The summed E-state index contributed by atoms with van der Waals surface area (Å²) in [6, 6.07) is 15.1. The Morgan fingerprint density at radius 3 is 2.86 bits per heavy atom. The third kappa shape index (κ3) is 4.03. The van der Waals surface area contributed by atoms with Crippen LogP contribution >= 0.6 is 15.9 Å². The lowest BCUT2D eigenvalue weighted by Crippen LogP contribution is -2.24. The topological polar surface area (TPSA) is 40.9 Å². The number of pyridine rings is 1. The van der Waals surface area contributed by atoms with Crippen LogP contribution in [0.15, 0.2) is 93.5 Å². The lowest BCUT2D eigenvalue weighted by atomic mass is 10.1. The number of allylic oxidation sites excluding steroid dienone is 2. The molecular formula is C23H18BrFN4. The minimum absolute atomic E-state index is 0.342. The number of hydrogen-bond donors (Lipinski definition) is 0. The van der Waals surface area contributed by atoms with E-state index in [4.69, 9.17) is 0 Å². The van der Waals surface area contributed by atoms with Crippen LogP contribution in [-0.2, 0) is 6.42 Å². The Kier molecular flexibility index (Phi) is 5.36. The molecular weight excluding hydrogens is 431 g/mol. The number of fused-ring (bicyclic) bond motifs is 1. The molecule has 144 valence electrons. The van der Waals surface area contributed by atoms with Crippen molar-refractivity contribution in [2.75, 3.05) is 0 Å². The van der Waals surface area contributed by atoms with Crippen LogP contribution in [0.1, 0.15) is 18.1 Å². The van der Waals surface area contributed by atoms with Crippen LogP contribution < -0.4 is 0 Å². The van der Waals surface area contributed by atoms with Crippen molar-refractivity contribution in [2.45, 2.75) is 13.3 Å². The molecule has 2 aromatic carbocycles. The fourth-order valence-electron chi connectivity index (χ4n) is 3.14. The molecule has 3 aromatic rings. The molecule has 6 heteroatoms. The second-order valence-corrected chi connectivity index (χ2v) is 7.44. The second-order valence-electron chi connectivity index (χ2n) is 6.59. The summed E-state index contributed by atoms with van der Waals surface area (Å²) in [5, 5.41) is 7.47. The Morgan fingerprint density at radius 1 is 1.21 bits per heavy atom. The Morgan fingerprint density at radius 2 is 2.07 bits per heavy atom. The first kappa shape index (κ1) is 19.2. The number of hydrogen-bond acceptors (Lipinski definition) is 4. The highest BCUT2D eigenvalue weighted by atomic mass is 79.9. The van der Waals surface area contributed by atoms with Crippen LogP contribution in [0.25, 0.3) is 10.9 Å². The molecule has 0 fully saturated rings. The smallest absolute Gasteiger partial charge is 0.146 e. The molecule has 0 radical (unpaired) electrons. The molecule has 29 heavy (non-hydrogen) atoms.